The summed E-state index contributed by atoms with van der Waals surface area (Å²) in [4.78, 5) is 27.1. The Balaban J connectivity index is 1.52. The maximum Gasteiger partial charge on any atom is 0.264 e. The number of hydrogen-bond acceptors (Lipinski definition) is 9. The summed E-state index contributed by atoms with van der Waals surface area (Å²) in [5.41, 5.74) is 0.933. The Labute approximate surface area is 205 Å². The lowest BCUT2D eigenvalue weighted by molar-refractivity contribution is -0.117. The van der Waals surface area contributed by atoms with Gasteiger partial charge in [0.2, 0.25) is 11.9 Å². The first-order valence-corrected chi connectivity index (χ1v) is 13.3. The van der Waals surface area contributed by atoms with Crippen LogP contribution in [0.15, 0.2) is 36.7 Å². The Morgan fingerprint density at radius 3 is 2.74 bits per heavy atom. The topological polar surface area (TPSA) is 114 Å². The SMILES string of the molecule is C[C@H](Nc1ncc(F)c(N2C(=O)CC[C@@H]2COS(C)(=O)=O)n1)c1cnc(-c2ccc(Cl)cc2)s1. The average molecular weight is 526 g/mol. The van der Waals surface area contributed by atoms with E-state index in [0.717, 1.165) is 32.8 Å². The van der Waals surface area contributed by atoms with E-state index in [1.165, 1.54) is 11.3 Å². The van der Waals surface area contributed by atoms with E-state index in [1.54, 1.807) is 18.3 Å². The molecule has 0 radical (unpaired) electrons. The Morgan fingerprint density at radius 1 is 1.29 bits per heavy atom. The summed E-state index contributed by atoms with van der Waals surface area (Å²) in [5.74, 6) is -1.26. The van der Waals surface area contributed by atoms with Crippen LogP contribution in [-0.2, 0) is 19.1 Å². The minimum atomic E-state index is -3.71. The lowest BCUT2D eigenvalue weighted by Gasteiger charge is -2.24. The summed E-state index contributed by atoms with van der Waals surface area (Å²) < 4.78 is 42.1. The summed E-state index contributed by atoms with van der Waals surface area (Å²) in [6, 6.07) is 6.45. The highest BCUT2D eigenvalue weighted by molar-refractivity contribution is 7.85. The first-order chi connectivity index (χ1) is 16.1. The molecule has 1 amide bonds. The standard InChI is InChI=1S/C21H21ClFN5O4S2/c1-12(17-10-24-20(33-17)13-3-5-14(22)6-4-13)26-21-25-9-16(23)19(27-21)28-15(7-8-18(28)29)11-32-34(2,30)31/h3-6,9-10,12,15H,7-8,11H2,1-2H3,(H,25,26,27)/t12-,15+/m0/s1. The molecule has 9 nitrogen and oxygen atoms in total. The molecular weight excluding hydrogens is 505 g/mol. The van der Waals surface area contributed by atoms with Crippen LogP contribution in [0.5, 0.6) is 0 Å². The molecule has 1 aromatic carbocycles. The van der Waals surface area contributed by atoms with Gasteiger partial charge in [0.05, 0.1) is 31.1 Å². The van der Waals surface area contributed by atoms with E-state index in [0.29, 0.717) is 11.4 Å². The summed E-state index contributed by atoms with van der Waals surface area (Å²) in [7, 11) is -3.71. The van der Waals surface area contributed by atoms with Gasteiger partial charge in [0, 0.05) is 28.1 Å². The normalized spacial score (nSPS) is 17.2. The lowest BCUT2D eigenvalue weighted by atomic mass is 10.2. The van der Waals surface area contributed by atoms with Crippen LogP contribution in [0, 0.1) is 5.82 Å². The molecule has 180 valence electrons. The van der Waals surface area contributed by atoms with E-state index >= 15 is 0 Å². The zero-order valence-electron chi connectivity index (χ0n) is 18.2. The quantitative estimate of drug-likeness (QED) is 0.438. The first-order valence-electron chi connectivity index (χ1n) is 10.3. The fourth-order valence-electron chi connectivity index (χ4n) is 3.47. The van der Waals surface area contributed by atoms with Crippen LogP contribution in [0.25, 0.3) is 10.6 Å². The Kier molecular flexibility index (Phi) is 7.12. The molecule has 4 rings (SSSR count). The van der Waals surface area contributed by atoms with Crippen LogP contribution in [-0.4, -0.2) is 48.2 Å². The van der Waals surface area contributed by atoms with Crippen molar-refractivity contribution in [3.63, 3.8) is 0 Å². The van der Waals surface area contributed by atoms with Crippen LogP contribution in [0.3, 0.4) is 0 Å². The van der Waals surface area contributed by atoms with Gasteiger partial charge in [-0.1, -0.05) is 23.7 Å². The van der Waals surface area contributed by atoms with Crippen LogP contribution in [0.2, 0.25) is 5.02 Å². The monoisotopic (exact) mass is 525 g/mol. The predicted molar refractivity (Wildman–Crippen MR) is 128 cm³/mol. The number of rotatable bonds is 8. The highest BCUT2D eigenvalue weighted by atomic mass is 35.5. The highest BCUT2D eigenvalue weighted by Crippen LogP contribution is 2.32. The first kappa shape index (κ1) is 24.5. The minimum absolute atomic E-state index is 0.118. The smallest absolute Gasteiger partial charge is 0.264 e. The van der Waals surface area contributed by atoms with Gasteiger partial charge in [-0.15, -0.1) is 11.3 Å². The van der Waals surface area contributed by atoms with Crippen molar-refractivity contribution in [1.82, 2.24) is 15.0 Å². The Morgan fingerprint density at radius 2 is 2.03 bits per heavy atom. The highest BCUT2D eigenvalue weighted by Gasteiger charge is 2.36. The molecule has 2 atom stereocenters. The van der Waals surface area contributed by atoms with Crippen LogP contribution >= 0.6 is 22.9 Å². The van der Waals surface area contributed by atoms with Crippen LogP contribution in [0.1, 0.15) is 30.7 Å². The number of amides is 1. The number of anilines is 2. The summed E-state index contributed by atoms with van der Waals surface area (Å²) in [6.07, 6.45) is 4.09. The third-order valence-electron chi connectivity index (χ3n) is 5.14. The number of halogens is 2. The van der Waals surface area contributed by atoms with Crippen molar-refractivity contribution in [3.05, 3.63) is 52.4 Å². The fraction of sp³-hybridized carbons (Fsp3) is 0.333. The van der Waals surface area contributed by atoms with E-state index in [2.05, 4.69) is 20.3 Å². The summed E-state index contributed by atoms with van der Waals surface area (Å²) in [6.45, 7) is 1.61. The molecule has 0 bridgehead atoms. The molecule has 0 unspecified atom stereocenters. The second kappa shape index (κ2) is 9.90. The molecule has 34 heavy (non-hydrogen) atoms. The van der Waals surface area contributed by atoms with Crippen molar-refractivity contribution in [1.29, 1.82) is 0 Å². The maximum atomic E-state index is 14.6. The molecular formula is C21H21ClFN5O4S2. The van der Waals surface area contributed by atoms with Gasteiger partial charge < -0.3 is 5.32 Å². The third-order valence-corrected chi connectivity index (χ3v) is 7.19. The number of thiazole rings is 1. The summed E-state index contributed by atoms with van der Waals surface area (Å²) in [5, 5.41) is 4.56. The van der Waals surface area contributed by atoms with Crippen molar-refractivity contribution >= 4 is 50.7 Å². The lowest BCUT2D eigenvalue weighted by Crippen LogP contribution is -2.38. The third kappa shape index (κ3) is 5.69. The zero-order valence-corrected chi connectivity index (χ0v) is 20.6. The number of nitrogens with one attached hydrogen (secondary N) is 1. The molecule has 1 aliphatic rings. The Bertz CT molecular complexity index is 1300. The maximum absolute atomic E-state index is 14.6. The van der Waals surface area contributed by atoms with Gasteiger partial charge >= 0.3 is 0 Å². The second-order valence-corrected chi connectivity index (χ2v) is 10.9. The number of carbonyl (C=O) groups excluding carboxylic acids is 1. The van der Waals surface area contributed by atoms with E-state index in [-0.39, 0.29) is 36.7 Å². The zero-order chi connectivity index (χ0) is 24.5. The van der Waals surface area contributed by atoms with Crippen molar-refractivity contribution in [2.24, 2.45) is 0 Å². The van der Waals surface area contributed by atoms with Gasteiger partial charge in [-0.2, -0.15) is 13.4 Å². The van der Waals surface area contributed by atoms with E-state index < -0.39 is 22.0 Å². The molecule has 0 spiro atoms. The summed E-state index contributed by atoms with van der Waals surface area (Å²) >= 11 is 7.42. The molecule has 0 saturated carbocycles. The molecule has 3 heterocycles. The minimum Gasteiger partial charge on any atom is -0.347 e. The van der Waals surface area contributed by atoms with Gasteiger partial charge in [0.1, 0.15) is 5.01 Å². The molecule has 1 saturated heterocycles. The molecule has 1 N–H and O–H groups in total. The van der Waals surface area contributed by atoms with Crippen LogP contribution < -0.4 is 10.2 Å². The van der Waals surface area contributed by atoms with Gasteiger partial charge in [0.25, 0.3) is 10.1 Å². The van der Waals surface area contributed by atoms with Crippen molar-refractivity contribution < 1.29 is 21.8 Å². The van der Waals surface area contributed by atoms with E-state index in [4.69, 9.17) is 15.8 Å². The largest absolute Gasteiger partial charge is 0.347 e. The van der Waals surface area contributed by atoms with Gasteiger partial charge in [0.15, 0.2) is 11.6 Å². The van der Waals surface area contributed by atoms with E-state index in [1.807, 2.05) is 19.1 Å². The van der Waals surface area contributed by atoms with Crippen molar-refractivity contribution in [3.8, 4) is 10.6 Å². The van der Waals surface area contributed by atoms with Gasteiger partial charge in [-0.25, -0.2) is 14.4 Å². The average Bonchev–Trinajstić information content (AvgIpc) is 3.41. The molecule has 3 aromatic rings. The second-order valence-electron chi connectivity index (χ2n) is 7.75. The molecule has 0 aliphatic carbocycles. The number of benzene rings is 1. The van der Waals surface area contributed by atoms with Gasteiger partial charge in [-0.05, 0) is 25.5 Å². The fourth-order valence-corrected chi connectivity index (χ4v) is 4.92. The van der Waals surface area contributed by atoms with Crippen molar-refractivity contribution in [2.75, 3.05) is 23.1 Å². The predicted octanol–water partition coefficient (Wildman–Crippen LogP) is 4.04. The Hall–Kier alpha value is -2.67. The molecule has 2 aromatic heterocycles. The number of hydrogen-bond donors (Lipinski definition) is 1. The molecule has 1 fully saturated rings. The van der Waals surface area contributed by atoms with Gasteiger partial charge in [-0.3, -0.25) is 13.9 Å². The van der Waals surface area contributed by atoms with Crippen molar-refractivity contribution in [2.45, 2.75) is 31.8 Å². The molecule has 13 heteroatoms. The van der Waals surface area contributed by atoms with E-state index in [9.17, 15) is 17.6 Å². The van der Waals surface area contributed by atoms with Crippen LogP contribution in [0.4, 0.5) is 16.2 Å². The molecule has 1 aliphatic heterocycles. The number of carbonyl (C=O) groups is 1. The number of nitrogens with zero attached hydrogens (tertiary/aromatic N) is 4. The number of aromatic nitrogens is 3.